The number of aryl methyl sites for hydroxylation is 1. The quantitative estimate of drug-likeness (QED) is 0.793. The summed E-state index contributed by atoms with van der Waals surface area (Å²) < 4.78 is 0. The van der Waals surface area contributed by atoms with Crippen molar-refractivity contribution in [3.05, 3.63) is 28.2 Å². The van der Waals surface area contributed by atoms with Crippen LogP contribution in [0.1, 0.15) is 55.6 Å². The van der Waals surface area contributed by atoms with Crippen LogP contribution in [0.5, 0.6) is 0 Å². The van der Waals surface area contributed by atoms with Crippen LogP contribution in [-0.2, 0) is 11.2 Å². The lowest BCUT2D eigenvalue weighted by molar-refractivity contribution is -0.133. The first-order valence-corrected chi connectivity index (χ1v) is 9.03. The zero-order valence-electron chi connectivity index (χ0n) is 12.8. The largest absolute Gasteiger partial charge is 0.342 e. The van der Waals surface area contributed by atoms with Crippen LogP contribution in [0.25, 0.3) is 0 Å². The van der Waals surface area contributed by atoms with Gasteiger partial charge in [-0.25, -0.2) is 4.98 Å². The fourth-order valence-electron chi connectivity index (χ4n) is 3.30. The van der Waals surface area contributed by atoms with E-state index in [1.54, 1.807) is 11.3 Å². The first-order chi connectivity index (χ1) is 10.3. The standard InChI is InChI=1S/C17H24N2OS/c1-2-15-12-21-17(18-15)14-8-5-9-19(11-14)16(20)10-13-6-3-4-7-13/h3,6,12-14H,2,4-5,7-11H2,1H3/t13-,14+/m1/s1. The van der Waals surface area contributed by atoms with Gasteiger partial charge in [0.25, 0.3) is 0 Å². The number of rotatable bonds is 4. The molecule has 4 heteroatoms. The van der Waals surface area contributed by atoms with Crippen LogP contribution in [0, 0.1) is 5.92 Å². The minimum Gasteiger partial charge on any atom is -0.342 e. The van der Waals surface area contributed by atoms with E-state index in [4.69, 9.17) is 4.98 Å². The Kier molecular flexibility index (Phi) is 4.73. The van der Waals surface area contributed by atoms with Crippen molar-refractivity contribution in [3.8, 4) is 0 Å². The Morgan fingerprint density at radius 3 is 3.10 bits per heavy atom. The van der Waals surface area contributed by atoms with Crippen LogP contribution in [0.15, 0.2) is 17.5 Å². The highest BCUT2D eigenvalue weighted by molar-refractivity contribution is 7.09. The Bertz CT molecular complexity index is 523. The molecule has 0 saturated carbocycles. The molecule has 1 aliphatic carbocycles. The number of piperidine rings is 1. The molecule has 2 heterocycles. The second-order valence-electron chi connectivity index (χ2n) is 6.18. The van der Waals surface area contributed by atoms with Crippen LogP contribution in [-0.4, -0.2) is 28.9 Å². The third-order valence-electron chi connectivity index (χ3n) is 4.60. The van der Waals surface area contributed by atoms with Gasteiger partial charge in [-0.1, -0.05) is 19.1 Å². The number of hydrogen-bond acceptors (Lipinski definition) is 3. The molecule has 0 N–H and O–H groups in total. The highest BCUT2D eigenvalue weighted by Gasteiger charge is 2.27. The van der Waals surface area contributed by atoms with Gasteiger partial charge in [0, 0.05) is 30.8 Å². The van der Waals surface area contributed by atoms with E-state index >= 15 is 0 Å². The zero-order valence-corrected chi connectivity index (χ0v) is 13.6. The highest BCUT2D eigenvalue weighted by atomic mass is 32.1. The van der Waals surface area contributed by atoms with Gasteiger partial charge in [-0.15, -0.1) is 11.3 Å². The molecular weight excluding hydrogens is 280 g/mol. The molecule has 2 atom stereocenters. The van der Waals surface area contributed by atoms with Gasteiger partial charge in [-0.2, -0.15) is 0 Å². The van der Waals surface area contributed by atoms with Crippen LogP contribution in [0.2, 0.25) is 0 Å². The molecule has 3 nitrogen and oxygen atoms in total. The van der Waals surface area contributed by atoms with Crippen molar-refractivity contribution in [1.82, 2.24) is 9.88 Å². The summed E-state index contributed by atoms with van der Waals surface area (Å²) in [7, 11) is 0. The first-order valence-electron chi connectivity index (χ1n) is 8.15. The van der Waals surface area contributed by atoms with Crippen LogP contribution < -0.4 is 0 Å². The molecular formula is C17H24N2OS. The van der Waals surface area contributed by atoms with Gasteiger partial charge < -0.3 is 4.90 Å². The number of amides is 1. The molecule has 1 aromatic rings. The Hall–Kier alpha value is -1.16. The normalized spacial score (nSPS) is 25.5. The summed E-state index contributed by atoms with van der Waals surface area (Å²) in [5, 5.41) is 3.39. The van der Waals surface area contributed by atoms with E-state index < -0.39 is 0 Å². The van der Waals surface area contributed by atoms with Gasteiger partial charge >= 0.3 is 0 Å². The van der Waals surface area contributed by atoms with Gasteiger partial charge in [0.2, 0.25) is 5.91 Å². The maximum Gasteiger partial charge on any atom is 0.223 e. The highest BCUT2D eigenvalue weighted by Crippen LogP contribution is 2.30. The number of likely N-dealkylation sites (tertiary alicyclic amines) is 1. The molecule has 0 radical (unpaired) electrons. The van der Waals surface area contributed by atoms with Crippen molar-refractivity contribution in [3.63, 3.8) is 0 Å². The maximum atomic E-state index is 12.5. The molecule has 3 rings (SSSR count). The van der Waals surface area contributed by atoms with Gasteiger partial charge in [-0.3, -0.25) is 4.79 Å². The lowest BCUT2D eigenvalue weighted by Gasteiger charge is -2.32. The van der Waals surface area contributed by atoms with Gasteiger partial charge in [0.1, 0.15) is 0 Å². The molecule has 0 bridgehead atoms. The number of carbonyl (C=O) groups excluding carboxylic acids is 1. The third kappa shape index (κ3) is 3.54. The molecule has 0 aromatic carbocycles. The molecule has 0 unspecified atom stereocenters. The van der Waals surface area contributed by atoms with Crippen molar-refractivity contribution < 1.29 is 4.79 Å². The molecule has 1 fully saturated rings. The average Bonchev–Trinajstić information content (AvgIpc) is 3.18. The zero-order chi connectivity index (χ0) is 14.7. The molecule has 21 heavy (non-hydrogen) atoms. The maximum absolute atomic E-state index is 12.5. The summed E-state index contributed by atoms with van der Waals surface area (Å²) in [5.74, 6) is 1.26. The van der Waals surface area contributed by atoms with E-state index in [0.29, 0.717) is 24.2 Å². The number of allylic oxidation sites excluding steroid dienone is 2. The minimum absolute atomic E-state index is 0.337. The Labute approximate surface area is 131 Å². The van der Waals surface area contributed by atoms with Crippen molar-refractivity contribution in [2.75, 3.05) is 13.1 Å². The second kappa shape index (κ2) is 6.73. The fraction of sp³-hybridized carbons (Fsp3) is 0.647. The van der Waals surface area contributed by atoms with E-state index in [9.17, 15) is 4.79 Å². The monoisotopic (exact) mass is 304 g/mol. The summed E-state index contributed by atoms with van der Waals surface area (Å²) in [5.41, 5.74) is 1.19. The van der Waals surface area contributed by atoms with E-state index in [0.717, 1.165) is 38.8 Å². The topological polar surface area (TPSA) is 33.2 Å². The molecule has 1 aromatic heterocycles. The molecule has 1 saturated heterocycles. The first kappa shape index (κ1) is 14.8. The number of nitrogens with zero attached hydrogens (tertiary/aromatic N) is 2. The average molecular weight is 304 g/mol. The SMILES string of the molecule is CCc1csc([C@H]2CCCN(C(=O)C[C@@H]3C=CCC3)C2)n1. The Morgan fingerprint density at radius 1 is 1.48 bits per heavy atom. The van der Waals surface area contributed by atoms with Crippen LogP contribution >= 0.6 is 11.3 Å². The minimum atomic E-state index is 0.337. The van der Waals surface area contributed by atoms with Crippen molar-refractivity contribution in [2.24, 2.45) is 5.92 Å². The predicted octanol–water partition coefficient (Wildman–Crippen LogP) is 3.77. The van der Waals surface area contributed by atoms with Crippen molar-refractivity contribution >= 4 is 17.2 Å². The van der Waals surface area contributed by atoms with Gasteiger partial charge in [-0.05, 0) is 38.0 Å². The van der Waals surface area contributed by atoms with E-state index in [-0.39, 0.29) is 0 Å². The van der Waals surface area contributed by atoms with Crippen LogP contribution in [0.4, 0.5) is 0 Å². The lowest BCUT2D eigenvalue weighted by Crippen LogP contribution is -2.39. The fourth-order valence-corrected chi connectivity index (χ4v) is 4.33. The number of hydrogen-bond donors (Lipinski definition) is 0. The predicted molar refractivity (Wildman–Crippen MR) is 86.5 cm³/mol. The Balaban J connectivity index is 1.59. The summed E-state index contributed by atoms with van der Waals surface area (Å²) in [6.07, 6.45) is 10.7. The molecule has 2 aliphatic rings. The number of aromatic nitrogens is 1. The smallest absolute Gasteiger partial charge is 0.223 e. The molecule has 1 aliphatic heterocycles. The van der Waals surface area contributed by atoms with E-state index in [1.165, 1.54) is 17.1 Å². The summed E-state index contributed by atoms with van der Waals surface area (Å²) >= 11 is 1.77. The Morgan fingerprint density at radius 2 is 2.38 bits per heavy atom. The summed E-state index contributed by atoms with van der Waals surface area (Å²) in [6.45, 7) is 3.94. The van der Waals surface area contributed by atoms with Crippen LogP contribution in [0.3, 0.4) is 0 Å². The van der Waals surface area contributed by atoms with Gasteiger partial charge in [0.05, 0.1) is 10.7 Å². The molecule has 0 spiro atoms. The molecule has 114 valence electrons. The van der Waals surface area contributed by atoms with E-state index in [2.05, 4.69) is 29.4 Å². The van der Waals surface area contributed by atoms with Crippen molar-refractivity contribution in [1.29, 1.82) is 0 Å². The second-order valence-corrected chi connectivity index (χ2v) is 7.07. The summed E-state index contributed by atoms with van der Waals surface area (Å²) in [4.78, 5) is 19.3. The third-order valence-corrected chi connectivity index (χ3v) is 5.66. The number of thiazole rings is 1. The molecule has 1 amide bonds. The van der Waals surface area contributed by atoms with Gasteiger partial charge in [0.15, 0.2) is 0 Å². The van der Waals surface area contributed by atoms with Crippen molar-refractivity contribution in [2.45, 2.75) is 51.4 Å². The van der Waals surface area contributed by atoms with E-state index in [1.807, 2.05) is 0 Å². The lowest BCUT2D eigenvalue weighted by atomic mass is 9.97. The number of carbonyl (C=O) groups is 1. The summed E-state index contributed by atoms with van der Waals surface area (Å²) in [6, 6.07) is 0.